The molecule has 1 aromatic carbocycles. The summed E-state index contributed by atoms with van der Waals surface area (Å²) in [5.41, 5.74) is -1.01. The van der Waals surface area contributed by atoms with Gasteiger partial charge >= 0.3 is 5.97 Å². The van der Waals surface area contributed by atoms with Crippen molar-refractivity contribution in [3.63, 3.8) is 0 Å². The smallest absolute Gasteiger partial charge is 0.310 e. The summed E-state index contributed by atoms with van der Waals surface area (Å²) in [6.07, 6.45) is 1.33. The molecule has 1 heterocycles. The molecule has 0 aliphatic carbocycles. The van der Waals surface area contributed by atoms with Gasteiger partial charge in [0.1, 0.15) is 12.4 Å². The molecule has 1 fully saturated rings. The second-order valence-electron chi connectivity index (χ2n) is 6.12. The largest absolute Gasteiger partial charge is 0.481 e. The maximum atomic E-state index is 12.5. The molecule has 1 saturated heterocycles. The number of carboxylic acid groups (broad SMARTS) is 1. The summed E-state index contributed by atoms with van der Waals surface area (Å²) in [5.74, 6) is 4.89. The van der Waals surface area contributed by atoms with Gasteiger partial charge in [-0.05, 0) is 57.0 Å². The van der Waals surface area contributed by atoms with Crippen LogP contribution in [0, 0.1) is 17.3 Å². The first-order valence-electron chi connectivity index (χ1n) is 8.19. The van der Waals surface area contributed by atoms with Gasteiger partial charge in [-0.3, -0.25) is 4.79 Å². The van der Waals surface area contributed by atoms with Crippen molar-refractivity contribution < 1.29 is 23.1 Å². The van der Waals surface area contributed by atoms with Crippen molar-refractivity contribution in [2.75, 3.05) is 25.4 Å². The molecule has 25 heavy (non-hydrogen) atoms. The number of sulfone groups is 1. The molecule has 1 atom stereocenters. The van der Waals surface area contributed by atoms with Crippen molar-refractivity contribution in [3.8, 4) is 17.6 Å². The van der Waals surface area contributed by atoms with E-state index in [1.54, 1.807) is 19.1 Å². The number of carbonyl (C=O) groups is 1. The first-order valence-corrected chi connectivity index (χ1v) is 9.84. The first kappa shape index (κ1) is 19.3. The molecular weight excluding hydrogens is 342 g/mol. The Labute approximate surface area is 148 Å². The van der Waals surface area contributed by atoms with E-state index in [0.29, 0.717) is 18.7 Å². The van der Waals surface area contributed by atoms with Crippen LogP contribution in [0.4, 0.5) is 0 Å². The molecule has 1 aliphatic rings. The summed E-state index contributed by atoms with van der Waals surface area (Å²) in [6.45, 7) is 3.04. The van der Waals surface area contributed by atoms with Gasteiger partial charge in [-0.2, -0.15) is 0 Å². The summed E-state index contributed by atoms with van der Waals surface area (Å²) >= 11 is 0. The Kier molecular flexibility index (Phi) is 6.45. The summed E-state index contributed by atoms with van der Waals surface area (Å²) in [6, 6.07) is 6.13. The SMILES string of the molecule is CC#CCOc1ccc(S(=O)(=O)CCC2(C(=O)O)CCCNC2)cc1. The fraction of sp³-hybridized carbons (Fsp3) is 0.500. The lowest BCUT2D eigenvalue weighted by Crippen LogP contribution is -2.46. The van der Waals surface area contributed by atoms with Crippen LogP contribution in [0.15, 0.2) is 29.2 Å². The van der Waals surface area contributed by atoms with Crippen molar-refractivity contribution >= 4 is 15.8 Å². The fourth-order valence-electron chi connectivity index (χ4n) is 2.85. The number of aliphatic carboxylic acids is 1. The van der Waals surface area contributed by atoms with Crippen LogP contribution < -0.4 is 10.1 Å². The number of hydrogen-bond acceptors (Lipinski definition) is 5. The zero-order chi connectivity index (χ0) is 18.3. The molecule has 1 aliphatic heterocycles. The Bertz CT molecular complexity index is 753. The van der Waals surface area contributed by atoms with Gasteiger partial charge in [0.05, 0.1) is 16.1 Å². The molecule has 0 radical (unpaired) electrons. The molecular formula is C18H23NO5S. The maximum Gasteiger partial charge on any atom is 0.310 e. The summed E-state index contributed by atoms with van der Waals surface area (Å²) in [4.78, 5) is 11.8. The van der Waals surface area contributed by atoms with Crippen LogP contribution in [0.5, 0.6) is 5.75 Å². The lowest BCUT2D eigenvalue weighted by molar-refractivity contribution is -0.150. The van der Waals surface area contributed by atoms with Crippen LogP contribution in [-0.2, 0) is 14.6 Å². The number of ether oxygens (including phenoxy) is 1. The van der Waals surface area contributed by atoms with Gasteiger partial charge in [-0.1, -0.05) is 5.92 Å². The number of nitrogens with one attached hydrogen (secondary N) is 1. The van der Waals surface area contributed by atoms with Crippen molar-refractivity contribution in [2.24, 2.45) is 5.41 Å². The molecule has 6 nitrogen and oxygen atoms in total. The number of piperidine rings is 1. The van der Waals surface area contributed by atoms with Gasteiger partial charge in [0.25, 0.3) is 0 Å². The van der Waals surface area contributed by atoms with Crippen LogP contribution in [0.2, 0.25) is 0 Å². The van der Waals surface area contributed by atoms with Crippen LogP contribution in [0.3, 0.4) is 0 Å². The number of hydrogen-bond donors (Lipinski definition) is 2. The first-order chi connectivity index (χ1) is 11.9. The highest BCUT2D eigenvalue weighted by Crippen LogP contribution is 2.32. The van der Waals surface area contributed by atoms with Gasteiger partial charge in [0.2, 0.25) is 0 Å². The molecule has 2 N–H and O–H groups in total. The van der Waals surface area contributed by atoms with Gasteiger partial charge in [-0.25, -0.2) is 8.42 Å². The van der Waals surface area contributed by atoms with E-state index in [9.17, 15) is 18.3 Å². The fourth-order valence-corrected chi connectivity index (χ4v) is 4.30. The molecule has 1 aromatic rings. The van der Waals surface area contributed by atoms with Gasteiger partial charge in [-0.15, -0.1) is 5.92 Å². The second kappa shape index (κ2) is 8.37. The number of carboxylic acids is 1. The molecule has 0 spiro atoms. The van der Waals surface area contributed by atoms with E-state index >= 15 is 0 Å². The predicted molar refractivity (Wildman–Crippen MR) is 94.2 cm³/mol. The minimum Gasteiger partial charge on any atom is -0.481 e. The molecule has 0 amide bonds. The Morgan fingerprint density at radius 3 is 2.64 bits per heavy atom. The van der Waals surface area contributed by atoms with Crippen molar-refractivity contribution in [2.45, 2.75) is 31.1 Å². The monoisotopic (exact) mass is 365 g/mol. The highest BCUT2D eigenvalue weighted by Gasteiger charge is 2.40. The minimum absolute atomic E-state index is 0.0992. The Morgan fingerprint density at radius 1 is 1.36 bits per heavy atom. The van der Waals surface area contributed by atoms with E-state index in [-0.39, 0.29) is 23.7 Å². The van der Waals surface area contributed by atoms with Gasteiger partial charge in [0.15, 0.2) is 9.84 Å². The highest BCUT2D eigenvalue weighted by molar-refractivity contribution is 7.91. The van der Waals surface area contributed by atoms with E-state index in [1.807, 2.05) is 0 Å². The van der Waals surface area contributed by atoms with Crippen LogP contribution >= 0.6 is 0 Å². The Morgan fingerprint density at radius 2 is 2.08 bits per heavy atom. The predicted octanol–water partition coefficient (Wildman–Crippen LogP) is 1.71. The second-order valence-corrected chi connectivity index (χ2v) is 8.23. The topological polar surface area (TPSA) is 92.7 Å². The van der Waals surface area contributed by atoms with E-state index < -0.39 is 21.2 Å². The average Bonchev–Trinajstić information content (AvgIpc) is 2.61. The summed E-state index contributed by atoms with van der Waals surface area (Å²) in [7, 11) is -3.55. The van der Waals surface area contributed by atoms with Gasteiger partial charge in [0, 0.05) is 6.54 Å². The minimum atomic E-state index is -3.55. The van der Waals surface area contributed by atoms with E-state index in [0.717, 1.165) is 13.0 Å². The lowest BCUT2D eigenvalue weighted by atomic mass is 9.78. The van der Waals surface area contributed by atoms with E-state index in [2.05, 4.69) is 17.2 Å². The summed E-state index contributed by atoms with van der Waals surface area (Å²) in [5, 5.41) is 12.6. The average molecular weight is 365 g/mol. The maximum absolute atomic E-state index is 12.5. The van der Waals surface area contributed by atoms with E-state index in [4.69, 9.17) is 4.74 Å². The van der Waals surface area contributed by atoms with Crippen molar-refractivity contribution in [3.05, 3.63) is 24.3 Å². The van der Waals surface area contributed by atoms with Crippen molar-refractivity contribution in [1.29, 1.82) is 0 Å². The summed E-state index contributed by atoms with van der Waals surface area (Å²) < 4.78 is 30.4. The lowest BCUT2D eigenvalue weighted by Gasteiger charge is -2.33. The Balaban J connectivity index is 2.05. The molecule has 7 heteroatoms. The Hall–Kier alpha value is -2.04. The third-order valence-corrected chi connectivity index (χ3v) is 6.18. The van der Waals surface area contributed by atoms with E-state index in [1.165, 1.54) is 12.1 Å². The molecule has 0 saturated carbocycles. The van der Waals surface area contributed by atoms with Crippen LogP contribution in [0.25, 0.3) is 0 Å². The normalized spacial score (nSPS) is 20.4. The third kappa shape index (κ3) is 4.97. The van der Waals surface area contributed by atoms with Crippen LogP contribution in [-0.4, -0.2) is 44.9 Å². The number of benzene rings is 1. The number of rotatable bonds is 7. The van der Waals surface area contributed by atoms with Crippen molar-refractivity contribution in [1.82, 2.24) is 5.32 Å². The highest BCUT2D eigenvalue weighted by atomic mass is 32.2. The van der Waals surface area contributed by atoms with Crippen LogP contribution in [0.1, 0.15) is 26.2 Å². The molecule has 1 unspecified atom stereocenters. The zero-order valence-electron chi connectivity index (χ0n) is 14.2. The molecule has 2 rings (SSSR count). The quantitative estimate of drug-likeness (QED) is 0.715. The molecule has 0 aromatic heterocycles. The van der Waals surface area contributed by atoms with Gasteiger partial charge < -0.3 is 15.2 Å². The third-order valence-electron chi connectivity index (χ3n) is 4.45. The standard InChI is InChI=1S/C18H23NO5S/c1-2-3-12-24-15-5-7-16(8-6-15)25(22,23)13-10-18(17(20)21)9-4-11-19-14-18/h5-8,19H,4,9-14H2,1H3,(H,20,21). The molecule has 136 valence electrons. The zero-order valence-corrected chi connectivity index (χ0v) is 15.1. The molecule has 0 bridgehead atoms.